The predicted molar refractivity (Wildman–Crippen MR) is 147 cm³/mol. The summed E-state index contributed by atoms with van der Waals surface area (Å²) in [6.45, 7) is 8.03. The zero-order chi connectivity index (χ0) is 26.8. The molecule has 9 heteroatoms. The van der Waals surface area contributed by atoms with Gasteiger partial charge >= 0.3 is 0 Å². The van der Waals surface area contributed by atoms with Crippen molar-refractivity contribution in [2.75, 3.05) is 44.2 Å². The van der Waals surface area contributed by atoms with E-state index in [9.17, 15) is 19.2 Å². The second-order valence-electron chi connectivity index (χ2n) is 10.4. The Labute approximate surface area is 228 Å². The van der Waals surface area contributed by atoms with Crippen molar-refractivity contribution in [3.63, 3.8) is 0 Å². The Morgan fingerprint density at radius 3 is 2.45 bits per heavy atom. The van der Waals surface area contributed by atoms with Crippen molar-refractivity contribution in [2.24, 2.45) is 11.8 Å². The van der Waals surface area contributed by atoms with E-state index in [-0.39, 0.29) is 42.0 Å². The molecule has 0 unspecified atom stereocenters. The second-order valence-corrected chi connectivity index (χ2v) is 11.4. The largest absolute Gasteiger partial charge is 0.370 e. The third-order valence-corrected chi connectivity index (χ3v) is 9.00. The number of anilines is 1. The average molecular weight is 537 g/mol. The van der Waals surface area contributed by atoms with Gasteiger partial charge in [-0.15, -0.1) is 11.3 Å². The van der Waals surface area contributed by atoms with Gasteiger partial charge in [0.15, 0.2) is 0 Å². The summed E-state index contributed by atoms with van der Waals surface area (Å²) in [6.07, 6.45) is 3.27. The first-order valence-corrected chi connectivity index (χ1v) is 14.6. The zero-order valence-electron chi connectivity index (χ0n) is 22.2. The number of likely N-dealkylation sites (tertiary alicyclic amines) is 1. The minimum atomic E-state index is -0.267. The van der Waals surface area contributed by atoms with E-state index in [0.717, 1.165) is 42.8 Å². The Bertz CT molecular complexity index is 1210. The molecular formula is C29H36N4O4S. The number of imide groups is 1. The number of carbonyl (C=O) groups is 4. The Morgan fingerprint density at radius 2 is 1.71 bits per heavy atom. The summed E-state index contributed by atoms with van der Waals surface area (Å²) >= 11 is 1.53. The molecule has 3 aliphatic heterocycles. The summed E-state index contributed by atoms with van der Waals surface area (Å²) in [5.74, 6) is -0.619. The molecule has 2 aromatic rings. The van der Waals surface area contributed by atoms with E-state index in [4.69, 9.17) is 0 Å². The van der Waals surface area contributed by atoms with Crippen molar-refractivity contribution < 1.29 is 19.2 Å². The number of nitrogens with zero attached hydrogens (tertiary/aromatic N) is 4. The lowest BCUT2D eigenvalue weighted by atomic mass is 9.91. The van der Waals surface area contributed by atoms with Gasteiger partial charge in [0.05, 0.1) is 35.2 Å². The minimum absolute atomic E-state index is 0.0982. The number of rotatable bonds is 7. The van der Waals surface area contributed by atoms with Gasteiger partial charge in [0.1, 0.15) is 0 Å². The summed E-state index contributed by atoms with van der Waals surface area (Å²) in [7, 11) is 0. The van der Waals surface area contributed by atoms with E-state index in [0.29, 0.717) is 43.9 Å². The molecule has 2 saturated heterocycles. The molecule has 8 nitrogen and oxygen atoms in total. The SMILES string of the molecule is CCN(CC)C(=O)[C@H]1CCCN(C(=O)[C@@H]2CCCN(c3cccc4c3C(=O)N(Cc3cccs3)C4=O)C2)C1. The molecule has 1 aromatic carbocycles. The number of amides is 4. The van der Waals surface area contributed by atoms with Crippen LogP contribution in [0.3, 0.4) is 0 Å². The molecule has 0 bridgehead atoms. The highest BCUT2D eigenvalue weighted by molar-refractivity contribution is 7.09. The second kappa shape index (κ2) is 11.3. The van der Waals surface area contributed by atoms with Gasteiger partial charge in [-0.25, -0.2) is 0 Å². The molecule has 38 heavy (non-hydrogen) atoms. The molecule has 0 spiro atoms. The van der Waals surface area contributed by atoms with Crippen LogP contribution < -0.4 is 4.90 Å². The summed E-state index contributed by atoms with van der Waals surface area (Å²) in [5.41, 5.74) is 1.62. The highest BCUT2D eigenvalue weighted by atomic mass is 32.1. The maximum atomic E-state index is 13.6. The van der Waals surface area contributed by atoms with Gasteiger partial charge in [0, 0.05) is 44.1 Å². The molecule has 5 rings (SSSR count). The van der Waals surface area contributed by atoms with Crippen LogP contribution in [0.5, 0.6) is 0 Å². The van der Waals surface area contributed by atoms with Crippen molar-refractivity contribution >= 4 is 40.7 Å². The lowest BCUT2D eigenvalue weighted by Gasteiger charge is -2.39. The number of hydrogen-bond acceptors (Lipinski definition) is 6. The number of fused-ring (bicyclic) bond motifs is 1. The maximum absolute atomic E-state index is 13.6. The van der Waals surface area contributed by atoms with E-state index in [1.165, 1.54) is 16.2 Å². The van der Waals surface area contributed by atoms with Crippen LogP contribution in [-0.4, -0.2) is 77.6 Å². The first-order chi connectivity index (χ1) is 18.4. The number of hydrogen-bond donors (Lipinski definition) is 0. The van der Waals surface area contributed by atoms with Crippen molar-refractivity contribution in [1.29, 1.82) is 0 Å². The van der Waals surface area contributed by atoms with Crippen LogP contribution in [0.4, 0.5) is 5.69 Å². The molecule has 4 heterocycles. The normalized spacial score (nSPS) is 21.6. The van der Waals surface area contributed by atoms with Gasteiger partial charge in [-0.05, 0) is 63.1 Å². The first-order valence-electron chi connectivity index (χ1n) is 13.8. The Morgan fingerprint density at radius 1 is 0.947 bits per heavy atom. The number of thiophene rings is 1. The lowest BCUT2D eigenvalue weighted by Crippen LogP contribution is -2.50. The highest BCUT2D eigenvalue weighted by Gasteiger charge is 2.40. The van der Waals surface area contributed by atoms with E-state index in [2.05, 4.69) is 4.90 Å². The third kappa shape index (κ3) is 4.96. The van der Waals surface area contributed by atoms with Gasteiger partial charge in [-0.2, -0.15) is 0 Å². The van der Waals surface area contributed by atoms with Crippen LogP contribution in [0, 0.1) is 11.8 Å². The van der Waals surface area contributed by atoms with Gasteiger partial charge in [-0.3, -0.25) is 24.1 Å². The molecule has 3 aliphatic rings. The fourth-order valence-corrected chi connectivity index (χ4v) is 6.80. The number of carbonyl (C=O) groups excluding carboxylic acids is 4. The summed E-state index contributed by atoms with van der Waals surface area (Å²) in [6, 6.07) is 9.29. The quantitative estimate of drug-likeness (QED) is 0.502. The van der Waals surface area contributed by atoms with Crippen LogP contribution in [0.2, 0.25) is 0 Å². The van der Waals surface area contributed by atoms with E-state index in [1.807, 2.05) is 53.3 Å². The molecule has 0 aliphatic carbocycles. The summed E-state index contributed by atoms with van der Waals surface area (Å²) in [5, 5.41) is 1.94. The van der Waals surface area contributed by atoms with Crippen molar-refractivity contribution in [2.45, 2.75) is 46.1 Å². The van der Waals surface area contributed by atoms with E-state index >= 15 is 0 Å². The Hall–Kier alpha value is -3.20. The summed E-state index contributed by atoms with van der Waals surface area (Å²) in [4.78, 5) is 61.3. The number of benzene rings is 1. The Balaban J connectivity index is 1.30. The molecule has 0 radical (unpaired) electrons. The topological polar surface area (TPSA) is 81.2 Å². The van der Waals surface area contributed by atoms with Crippen LogP contribution >= 0.6 is 11.3 Å². The van der Waals surface area contributed by atoms with Crippen LogP contribution in [-0.2, 0) is 16.1 Å². The fraction of sp³-hybridized carbons (Fsp3) is 0.517. The van der Waals surface area contributed by atoms with Crippen molar-refractivity contribution in [3.8, 4) is 0 Å². The fourth-order valence-electron chi connectivity index (χ4n) is 6.11. The standard InChI is InChI=1S/C29H36N4O4S/c1-3-30(4-2)26(34)21-10-7-15-32(18-21)27(35)20-9-6-14-31(17-20)24-13-5-12-23-25(24)29(37)33(28(23)36)19-22-11-8-16-38-22/h5,8,11-13,16,20-21H,3-4,6-7,9-10,14-15,17-19H2,1-2H3/t20-,21+/m1/s1. The minimum Gasteiger partial charge on any atom is -0.370 e. The lowest BCUT2D eigenvalue weighted by molar-refractivity contribution is -0.142. The number of piperidine rings is 2. The molecule has 0 saturated carbocycles. The Kier molecular flexibility index (Phi) is 7.83. The van der Waals surface area contributed by atoms with Crippen molar-refractivity contribution in [3.05, 3.63) is 51.7 Å². The van der Waals surface area contributed by atoms with Gasteiger partial charge in [0.25, 0.3) is 11.8 Å². The van der Waals surface area contributed by atoms with Crippen molar-refractivity contribution in [1.82, 2.24) is 14.7 Å². The van der Waals surface area contributed by atoms with Gasteiger partial charge in [-0.1, -0.05) is 12.1 Å². The van der Waals surface area contributed by atoms with Crippen LogP contribution in [0.15, 0.2) is 35.7 Å². The zero-order valence-corrected chi connectivity index (χ0v) is 23.0. The predicted octanol–water partition coefficient (Wildman–Crippen LogP) is 3.87. The monoisotopic (exact) mass is 536 g/mol. The molecule has 1 aromatic heterocycles. The third-order valence-electron chi connectivity index (χ3n) is 8.14. The first kappa shape index (κ1) is 26.4. The average Bonchev–Trinajstić information content (AvgIpc) is 3.56. The molecule has 2 fully saturated rings. The van der Waals surface area contributed by atoms with Gasteiger partial charge in [0.2, 0.25) is 11.8 Å². The van der Waals surface area contributed by atoms with Crippen LogP contribution in [0.1, 0.15) is 65.1 Å². The highest BCUT2D eigenvalue weighted by Crippen LogP contribution is 2.35. The van der Waals surface area contributed by atoms with E-state index in [1.54, 1.807) is 6.07 Å². The molecule has 4 amide bonds. The smallest absolute Gasteiger partial charge is 0.264 e. The molecule has 0 N–H and O–H groups in total. The van der Waals surface area contributed by atoms with E-state index < -0.39 is 0 Å². The molecule has 202 valence electrons. The summed E-state index contributed by atoms with van der Waals surface area (Å²) < 4.78 is 0. The maximum Gasteiger partial charge on any atom is 0.264 e. The molecular weight excluding hydrogens is 500 g/mol. The van der Waals surface area contributed by atoms with Gasteiger partial charge < -0.3 is 14.7 Å². The molecule has 2 atom stereocenters. The van der Waals surface area contributed by atoms with Crippen LogP contribution in [0.25, 0.3) is 0 Å².